The van der Waals surface area contributed by atoms with Crippen molar-refractivity contribution < 1.29 is 19.7 Å². The first-order valence-electron chi connectivity index (χ1n) is 4.04. The summed E-state index contributed by atoms with van der Waals surface area (Å²) in [6.45, 7) is 0.301. The highest BCUT2D eigenvalue weighted by Gasteiger charge is 2.65. The third kappa shape index (κ3) is 0.701. The fourth-order valence-electron chi connectivity index (χ4n) is 2.29. The Morgan fingerprint density at radius 1 is 1.25 bits per heavy atom. The first kappa shape index (κ1) is 8.16. The van der Waals surface area contributed by atoms with Crippen molar-refractivity contribution in [2.75, 3.05) is 26.4 Å². The SMILES string of the molecule is O=C1C2(CO)COCC1(CO)C2. The van der Waals surface area contributed by atoms with Gasteiger partial charge in [0, 0.05) is 0 Å². The van der Waals surface area contributed by atoms with Crippen LogP contribution < -0.4 is 0 Å². The fraction of sp³-hybridized carbons (Fsp3) is 0.875. The molecule has 2 aliphatic heterocycles. The summed E-state index contributed by atoms with van der Waals surface area (Å²) < 4.78 is 5.15. The van der Waals surface area contributed by atoms with E-state index in [4.69, 9.17) is 14.9 Å². The van der Waals surface area contributed by atoms with Crippen LogP contribution in [0.4, 0.5) is 0 Å². The Morgan fingerprint density at radius 2 is 1.75 bits per heavy atom. The van der Waals surface area contributed by atoms with E-state index in [1.165, 1.54) is 0 Å². The summed E-state index contributed by atoms with van der Waals surface area (Å²) in [5.74, 6) is -0.0220. The molecule has 3 fully saturated rings. The smallest absolute Gasteiger partial charge is 0.154 e. The first-order valence-corrected chi connectivity index (χ1v) is 4.04. The van der Waals surface area contributed by atoms with Crippen LogP contribution in [-0.4, -0.2) is 42.4 Å². The molecule has 2 saturated heterocycles. The van der Waals surface area contributed by atoms with Crippen LogP contribution in [0.15, 0.2) is 0 Å². The van der Waals surface area contributed by atoms with E-state index < -0.39 is 10.8 Å². The number of carbonyl (C=O) groups is 1. The molecule has 0 aromatic rings. The van der Waals surface area contributed by atoms with Gasteiger partial charge in [0.05, 0.1) is 37.3 Å². The maximum atomic E-state index is 11.5. The van der Waals surface area contributed by atoms with Gasteiger partial charge in [-0.15, -0.1) is 0 Å². The second kappa shape index (κ2) is 2.28. The minimum Gasteiger partial charge on any atom is -0.395 e. The monoisotopic (exact) mass is 172 g/mol. The number of aliphatic hydroxyl groups excluding tert-OH is 2. The zero-order valence-electron chi connectivity index (χ0n) is 6.75. The Labute approximate surface area is 70.1 Å². The molecule has 2 bridgehead atoms. The zero-order chi connectivity index (χ0) is 8.82. The fourth-order valence-corrected chi connectivity index (χ4v) is 2.29. The van der Waals surface area contributed by atoms with Gasteiger partial charge in [-0.3, -0.25) is 4.79 Å². The molecule has 12 heavy (non-hydrogen) atoms. The van der Waals surface area contributed by atoms with Gasteiger partial charge in [-0.25, -0.2) is 0 Å². The van der Waals surface area contributed by atoms with E-state index in [0.717, 1.165) is 0 Å². The molecule has 3 rings (SSSR count). The number of ether oxygens (including phenoxy) is 1. The first-order chi connectivity index (χ1) is 5.69. The van der Waals surface area contributed by atoms with Crippen LogP contribution in [0.1, 0.15) is 6.42 Å². The number of Topliss-reactive ketones (excluding diaryl/α,β-unsaturated/α-hetero) is 1. The van der Waals surface area contributed by atoms with E-state index in [2.05, 4.69) is 0 Å². The molecule has 0 spiro atoms. The highest BCUT2D eigenvalue weighted by Crippen LogP contribution is 2.54. The lowest BCUT2D eigenvalue weighted by Crippen LogP contribution is -2.68. The van der Waals surface area contributed by atoms with Gasteiger partial charge in [-0.1, -0.05) is 0 Å². The van der Waals surface area contributed by atoms with Crippen LogP contribution in [-0.2, 0) is 9.53 Å². The molecule has 3 aliphatic rings. The summed E-state index contributed by atoms with van der Waals surface area (Å²) in [4.78, 5) is 11.5. The summed E-state index contributed by atoms with van der Waals surface area (Å²) in [7, 11) is 0. The maximum Gasteiger partial charge on any atom is 0.154 e. The van der Waals surface area contributed by atoms with Crippen molar-refractivity contribution >= 4 is 5.78 Å². The summed E-state index contributed by atoms with van der Waals surface area (Å²) >= 11 is 0. The van der Waals surface area contributed by atoms with Crippen molar-refractivity contribution in [3.63, 3.8) is 0 Å². The molecular weight excluding hydrogens is 160 g/mol. The Bertz CT molecular complexity index is 207. The second-order valence-corrected chi connectivity index (χ2v) is 3.88. The number of rotatable bonds is 2. The van der Waals surface area contributed by atoms with Crippen LogP contribution in [0.3, 0.4) is 0 Å². The number of ketones is 1. The number of hydrogen-bond donors (Lipinski definition) is 2. The van der Waals surface area contributed by atoms with Crippen LogP contribution >= 0.6 is 0 Å². The molecule has 0 radical (unpaired) electrons. The molecule has 68 valence electrons. The molecule has 1 aliphatic carbocycles. The molecule has 0 amide bonds. The number of aliphatic hydroxyl groups is 2. The van der Waals surface area contributed by atoms with Gasteiger partial charge < -0.3 is 14.9 Å². The average molecular weight is 172 g/mol. The minimum atomic E-state index is -0.680. The van der Waals surface area contributed by atoms with E-state index in [1.807, 2.05) is 0 Å². The van der Waals surface area contributed by atoms with Crippen LogP contribution in [0.2, 0.25) is 0 Å². The Kier molecular flexibility index (Phi) is 1.55. The van der Waals surface area contributed by atoms with Gasteiger partial charge >= 0.3 is 0 Å². The number of fused-ring (bicyclic) bond motifs is 2. The van der Waals surface area contributed by atoms with Gasteiger partial charge in [-0.2, -0.15) is 0 Å². The third-order valence-electron chi connectivity index (χ3n) is 3.00. The van der Waals surface area contributed by atoms with Gasteiger partial charge in [0.15, 0.2) is 5.78 Å². The van der Waals surface area contributed by atoms with Crippen molar-refractivity contribution in [2.45, 2.75) is 6.42 Å². The van der Waals surface area contributed by atoms with Crippen molar-refractivity contribution in [1.29, 1.82) is 0 Å². The maximum absolute atomic E-state index is 11.5. The van der Waals surface area contributed by atoms with Crippen LogP contribution in [0.5, 0.6) is 0 Å². The Hall–Kier alpha value is -0.450. The van der Waals surface area contributed by atoms with Crippen molar-refractivity contribution in [1.82, 2.24) is 0 Å². The quantitative estimate of drug-likeness (QED) is 0.557. The minimum absolute atomic E-state index is 0.0220. The van der Waals surface area contributed by atoms with E-state index in [1.54, 1.807) is 0 Å². The predicted octanol–water partition coefficient (Wildman–Crippen LogP) is -1.05. The lowest BCUT2D eigenvalue weighted by Gasteiger charge is -2.56. The normalized spacial score (nSPS) is 45.7. The van der Waals surface area contributed by atoms with Crippen LogP contribution in [0, 0.1) is 10.8 Å². The molecule has 2 heterocycles. The van der Waals surface area contributed by atoms with Crippen LogP contribution in [0.25, 0.3) is 0 Å². The summed E-state index contributed by atoms with van der Waals surface area (Å²) in [6.07, 6.45) is 0.575. The molecule has 2 N–H and O–H groups in total. The molecule has 0 aromatic heterocycles. The molecule has 0 aromatic carbocycles. The molecule has 1 saturated carbocycles. The Balaban J connectivity index is 2.23. The molecule has 2 atom stereocenters. The zero-order valence-corrected chi connectivity index (χ0v) is 6.75. The second-order valence-electron chi connectivity index (χ2n) is 3.88. The van der Waals surface area contributed by atoms with Gasteiger partial charge in [0.1, 0.15) is 0 Å². The van der Waals surface area contributed by atoms with Gasteiger partial charge in [0.25, 0.3) is 0 Å². The molecular formula is C8H12O4. The number of hydrogen-bond acceptors (Lipinski definition) is 4. The van der Waals surface area contributed by atoms with E-state index in [9.17, 15) is 4.79 Å². The molecule has 4 nitrogen and oxygen atoms in total. The van der Waals surface area contributed by atoms with Crippen molar-refractivity contribution in [3.05, 3.63) is 0 Å². The lowest BCUT2D eigenvalue weighted by molar-refractivity contribution is -0.210. The average Bonchev–Trinajstić information content (AvgIpc) is 2.16. The largest absolute Gasteiger partial charge is 0.395 e. The number of carbonyl (C=O) groups excluding carboxylic acids is 1. The van der Waals surface area contributed by atoms with E-state index >= 15 is 0 Å². The van der Waals surface area contributed by atoms with E-state index in [0.29, 0.717) is 19.6 Å². The lowest BCUT2D eigenvalue weighted by atomic mass is 9.51. The third-order valence-corrected chi connectivity index (χ3v) is 3.00. The highest BCUT2D eigenvalue weighted by molar-refractivity contribution is 5.97. The molecule has 4 heteroatoms. The van der Waals surface area contributed by atoms with Gasteiger partial charge in [-0.05, 0) is 6.42 Å². The van der Waals surface area contributed by atoms with Crippen molar-refractivity contribution in [3.8, 4) is 0 Å². The summed E-state index contributed by atoms with van der Waals surface area (Å²) in [5, 5.41) is 18.0. The predicted molar refractivity (Wildman–Crippen MR) is 39.5 cm³/mol. The highest BCUT2D eigenvalue weighted by atomic mass is 16.5. The summed E-state index contributed by atoms with van der Waals surface area (Å²) in [6, 6.07) is 0. The molecule has 2 unspecified atom stereocenters. The standard InChI is InChI=1S/C8H12O4/c9-2-7-1-8(3-10,6(7)11)5-12-4-7/h9-10H,1-5H2. The van der Waals surface area contributed by atoms with Gasteiger partial charge in [0.2, 0.25) is 0 Å². The van der Waals surface area contributed by atoms with E-state index in [-0.39, 0.29) is 19.0 Å². The summed E-state index contributed by atoms with van der Waals surface area (Å²) in [5.41, 5.74) is -1.36. The Morgan fingerprint density at radius 3 is 2.08 bits per heavy atom. The topological polar surface area (TPSA) is 66.8 Å². The van der Waals surface area contributed by atoms with Crippen molar-refractivity contribution in [2.24, 2.45) is 10.8 Å².